The second kappa shape index (κ2) is 5.48. The van der Waals surface area contributed by atoms with Gasteiger partial charge in [0.1, 0.15) is 0 Å². The Hall–Kier alpha value is -0.120. The van der Waals surface area contributed by atoms with Crippen molar-refractivity contribution in [2.75, 3.05) is 33.2 Å². The summed E-state index contributed by atoms with van der Waals surface area (Å²) < 4.78 is 0. The van der Waals surface area contributed by atoms with E-state index >= 15 is 0 Å². The highest BCUT2D eigenvalue weighted by Gasteiger charge is 2.28. The van der Waals surface area contributed by atoms with E-state index in [-0.39, 0.29) is 0 Å². The molecular formula is C13H27N3. The summed E-state index contributed by atoms with van der Waals surface area (Å²) in [6.45, 7) is 9.62. The van der Waals surface area contributed by atoms with Crippen LogP contribution in [0.4, 0.5) is 0 Å². The molecule has 2 saturated heterocycles. The highest BCUT2D eigenvalue weighted by molar-refractivity contribution is 4.88. The zero-order chi connectivity index (χ0) is 11.5. The first-order valence-electron chi connectivity index (χ1n) is 6.87. The highest BCUT2D eigenvalue weighted by atomic mass is 15.2. The summed E-state index contributed by atoms with van der Waals surface area (Å²) >= 11 is 0. The minimum atomic E-state index is 0.734. The molecule has 0 aromatic rings. The van der Waals surface area contributed by atoms with E-state index in [1.165, 1.54) is 45.4 Å². The lowest BCUT2D eigenvalue weighted by atomic mass is 10.0. The van der Waals surface area contributed by atoms with E-state index in [1.54, 1.807) is 0 Å². The number of rotatable bonds is 3. The average molecular weight is 225 g/mol. The molecule has 0 spiro atoms. The van der Waals surface area contributed by atoms with Gasteiger partial charge in [-0.2, -0.15) is 0 Å². The molecule has 94 valence electrons. The summed E-state index contributed by atoms with van der Waals surface area (Å²) in [5, 5.41) is 3.85. The minimum Gasteiger partial charge on any atom is -0.310 e. The van der Waals surface area contributed by atoms with Crippen molar-refractivity contribution in [3.05, 3.63) is 0 Å². The Morgan fingerprint density at radius 3 is 2.38 bits per heavy atom. The van der Waals surface area contributed by atoms with Crippen LogP contribution in [0.1, 0.15) is 33.1 Å². The van der Waals surface area contributed by atoms with Gasteiger partial charge in [-0.15, -0.1) is 0 Å². The Labute approximate surface area is 100 Å². The normalized spacial score (nSPS) is 34.7. The van der Waals surface area contributed by atoms with Gasteiger partial charge < -0.3 is 15.1 Å². The smallest absolute Gasteiger partial charge is 0.0212 e. The molecule has 0 saturated carbocycles. The van der Waals surface area contributed by atoms with E-state index in [1.807, 2.05) is 0 Å². The predicted octanol–water partition coefficient (Wildman–Crippen LogP) is 1.15. The van der Waals surface area contributed by atoms with Gasteiger partial charge in [0.05, 0.1) is 0 Å². The van der Waals surface area contributed by atoms with E-state index in [2.05, 4.69) is 36.0 Å². The molecule has 2 atom stereocenters. The largest absolute Gasteiger partial charge is 0.310 e. The summed E-state index contributed by atoms with van der Waals surface area (Å²) in [7, 11) is 2.24. The van der Waals surface area contributed by atoms with Crippen molar-refractivity contribution in [2.24, 2.45) is 0 Å². The third-order valence-corrected chi connectivity index (χ3v) is 4.39. The minimum absolute atomic E-state index is 0.734. The fourth-order valence-electron chi connectivity index (χ4n) is 3.06. The molecule has 0 bridgehead atoms. The van der Waals surface area contributed by atoms with E-state index < -0.39 is 0 Å². The van der Waals surface area contributed by atoms with Crippen LogP contribution in [0.5, 0.6) is 0 Å². The zero-order valence-electron chi connectivity index (χ0n) is 11.1. The van der Waals surface area contributed by atoms with Crippen LogP contribution in [-0.2, 0) is 0 Å². The van der Waals surface area contributed by atoms with Gasteiger partial charge in [-0.1, -0.05) is 6.92 Å². The second-order valence-electron chi connectivity index (χ2n) is 5.60. The molecule has 2 rings (SSSR count). The maximum absolute atomic E-state index is 3.85. The number of likely N-dealkylation sites (N-methyl/N-ethyl adjacent to an activating group) is 1. The molecule has 0 aromatic carbocycles. The molecule has 1 N–H and O–H groups in total. The molecule has 16 heavy (non-hydrogen) atoms. The van der Waals surface area contributed by atoms with Gasteiger partial charge in [0.2, 0.25) is 0 Å². The third kappa shape index (κ3) is 2.96. The van der Waals surface area contributed by atoms with Gasteiger partial charge in [-0.3, -0.25) is 0 Å². The molecular weight excluding hydrogens is 198 g/mol. The SMILES string of the molecule is CCN1CCC(NC2CC(C)N(C)C2)CC1. The second-order valence-corrected chi connectivity index (χ2v) is 5.60. The van der Waals surface area contributed by atoms with Crippen molar-refractivity contribution < 1.29 is 0 Å². The predicted molar refractivity (Wildman–Crippen MR) is 68.8 cm³/mol. The molecule has 3 nitrogen and oxygen atoms in total. The molecule has 2 fully saturated rings. The summed E-state index contributed by atoms with van der Waals surface area (Å²) in [5.41, 5.74) is 0. The number of nitrogens with one attached hydrogen (secondary N) is 1. The van der Waals surface area contributed by atoms with Gasteiger partial charge in [0, 0.05) is 24.7 Å². The monoisotopic (exact) mass is 225 g/mol. The first-order valence-corrected chi connectivity index (χ1v) is 6.87. The van der Waals surface area contributed by atoms with E-state index in [0.717, 1.165) is 18.1 Å². The van der Waals surface area contributed by atoms with Crippen molar-refractivity contribution in [3.8, 4) is 0 Å². The van der Waals surface area contributed by atoms with E-state index in [0.29, 0.717) is 0 Å². The van der Waals surface area contributed by atoms with Crippen LogP contribution < -0.4 is 5.32 Å². The number of hydrogen-bond donors (Lipinski definition) is 1. The van der Waals surface area contributed by atoms with Gasteiger partial charge in [-0.25, -0.2) is 0 Å². The molecule has 0 aromatic heterocycles. The average Bonchev–Trinajstić information content (AvgIpc) is 2.59. The summed E-state index contributed by atoms with van der Waals surface area (Å²) in [5.74, 6) is 0. The van der Waals surface area contributed by atoms with Crippen molar-refractivity contribution in [1.29, 1.82) is 0 Å². The summed E-state index contributed by atoms with van der Waals surface area (Å²) in [6, 6.07) is 2.26. The standard InChI is InChI=1S/C13H27N3/c1-4-16-7-5-12(6-8-16)14-13-9-11(2)15(3)10-13/h11-14H,4-10H2,1-3H3. The van der Waals surface area contributed by atoms with E-state index in [9.17, 15) is 0 Å². The van der Waals surface area contributed by atoms with Crippen molar-refractivity contribution in [3.63, 3.8) is 0 Å². The topological polar surface area (TPSA) is 18.5 Å². The molecule has 2 unspecified atom stereocenters. The van der Waals surface area contributed by atoms with Gasteiger partial charge in [0.15, 0.2) is 0 Å². The lowest BCUT2D eigenvalue weighted by molar-refractivity contribution is 0.198. The fourth-order valence-corrected chi connectivity index (χ4v) is 3.06. The van der Waals surface area contributed by atoms with Crippen LogP contribution >= 0.6 is 0 Å². The van der Waals surface area contributed by atoms with Crippen LogP contribution in [0.3, 0.4) is 0 Å². The first kappa shape index (κ1) is 12.3. The lowest BCUT2D eigenvalue weighted by Gasteiger charge is -2.33. The molecule has 0 amide bonds. The molecule has 2 heterocycles. The number of nitrogens with zero attached hydrogens (tertiary/aromatic N) is 2. The Kier molecular flexibility index (Phi) is 4.22. The highest BCUT2D eigenvalue weighted by Crippen LogP contribution is 2.18. The first-order chi connectivity index (χ1) is 7.69. The van der Waals surface area contributed by atoms with Crippen LogP contribution in [-0.4, -0.2) is 61.2 Å². The number of likely N-dealkylation sites (tertiary alicyclic amines) is 2. The molecule has 0 aliphatic carbocycles. The van der Waals surface area contributed by atoms with Crippen molar-refractivity contribution >= 4 is 0 Å². The summed E-state index contributed by atoms with van der Waals surface area (Å²) in [6.07, 6.45) is 4.00. The lowest BCUT2D eigenvalue weighted by Crippen LogP contribution is -2.46. The Morgan fingerprint density at radius 1 is 1.19 bits per heavy atom. The van der Waals surface area contributed by atoms with Gasteiger partial charge >= 0.3 is 0 Å². The van der Waals surface area contributed by atoms with Crippen LogP contribution in [0.2, 0.25) is 0 Å². The zero-order valence-corrected chi connectivity index (χ0v) is 11.1. The number of hydrogen-bond acceptors (Lipinski definition) is 3. The third-order valence-electron chi connectivity index (χ3n) is 4.39. The van der Waals surface area contributed by atoms with Crippen molar-refractivity contribution in [2.45, 2.75) is 51.2 Å². The van der Waals surface area contributed by atoms with Crippen molar-refractivity contribution in [1.82, 2.24) is 15.1 Å². The summed E-state index contributed by atoms with van der Waals surface area (Å²) in [4.78, 5) is 5.03. The molecule has 2 aliphatic heterocycles. The Balaban J connectivity index is 1.71. The maximum atomic E-state index is 3.85. The van der Waals surface area contributed by atoms with Crippen LogP contribution in [0.25, 0.3) is 0 Å². The Bertz CT molecular complexity index is 201. The quantitative estimate of drug-likeness (QED) is 0.777. The van der Waals surface area contributed by atoms with Gasteiger partial charge in [-0.05, 0) is 52.9 Å². The maximum Gasteiger partial charge on any atom is 0.0212 e. The van der Waals surface area contributed by atoms with E-state index in [4.69, 9.17) is 0 Å². The number of piperidine rings is 1. The van der Waals surface area contributed by atoms with Crippen LogP contribution in [0.15, 0.2) is 0 Å². The fraction of sp³-hybridized carbons (Fsp3) is 1.00. The van der Waals surface area contributed by atoms with Crippen LogP contribution in [0, 0.1) is 0 Å². The molecule has 0 radical (unpaired) electrons. The molecule has 3 heteroatoms. The Morgan fingerprint density at radius 2 is 1.88 bits per heavy atom. The molecule has 2 aliphatic rings. The van der Waals surface area contributed by atoms with Gasteiger partial charge in [0.25, 0.3) is 0 Å².